The number of aliphatic hydroxyl groups is 1. The number of nitrogens with one attached hydrogen (secondary N) is 2. The van der Waals surface area contributed by atoms with E-state index in [1.165, 1.54) is 26.2 Å². The molecule has 3 aromatic heterocycles. The molecule has 5 heterocycles. The van der Waals surface area contributed by atoms with Gasteiger partial charge in [0.1, 0.15) is 12.2 Å². The van der Waals surface area contributed by atoms with E-state index in [0.717, 1.165) is 31.2 Å². The summed E-state index contributed by atoms with van der Waals surface area (Å²) in [4.78, 5) is 17.6. The molecule has 188 valence electrons. The first-order valence-electron chi connectivity index (χ1n) is 12.2. The normalized spacial score (nSPS) is 22.2. The van der Waals surface area contributed by atoms with Crippen molar-refractivity contribution >= 4 is 17.1 Å². The van der Waals surface area contributed by atoms with Crippen LogP contribution in [0, 0.1) is 11.3 Å². The Morgan fingerprint density at radius 1 is 1.31 bits per heavy atom. The number of amides is 1. The molecule has 0 radical (unpaired) electrons. The van der Waals surface area contributed by atoms with Gasteiger partial charge < -0.3 is 20.5 Å². The van der Waals surface area contributed by atoms with Crippen molar-refractivity contribution in [1.82, 2.24) is 19.9 Å². The van der Waals surface area contributed by atoms with Crippen molar-refractivity contribution in [2.24, 2.45) is 0 Å². The number of anilines is 1. The van der Waals surface area contributed by atoms with Crippen LogP contribution in [0.25, 0.3) is 16.9 Å². The lowest BCUT2D eigenvalue weighted by molar-refractivity contribution is -0.00178. The van der Waals surface area contributed by atoms with Crippen LogP contribution in [0.3, 0.4) is 0 Å². The lowest BCUT2D eigenvalue weighted by atomic mass is 10.0. The van der Waals surface area contributed by atoms with Crippen LogP contribution < -0.4 is 10.6 Å². The quantitative estimate of drug-likeness (QED) is 0.462. The fourth-order valence-corrected chi connectivity index (χ4v) is 4.87. The highest BCUT2D eigenvalue weighted by Crippen LogP contribution is 2.35. The number of rotatable bonds is 7. The molecule has 10 heteroatoms. The second-order valence-electron chi connectivity index (χ2n) is 10.1. The molecule has 3 aromatic rings. The summed E-state index contributed by atoms with van der Waals surface area (Å²) in [6.45, 7) is 2.41. The summed E-state index contributed by atoms with van der Waals surface area (Å²) in [5.74, 6) is -0.477. The molecule has 0 aromatic carbocycles. The zero-order valence-electron chi connectivity index (χ0n) is 20.2. The highest BCUT2D eigenvalue weighted by Gasteiger charge is 2.35. The van der Waals surface area contributed by atoms with Gasteiger partial charge in [-0.3, -0.25) is 9.78 Å². The summed E-state index contributed by atoms with van der Waals surface area (Å²) in [6, 6.07) is 9.47. The second kappa shape index (κ2) is 9.48. The molecule has 5 rings (SSSR count). The van der Waals surface area contributed by atoms with E-state index in [2.05, 4.69) is 26.8 Å². The number of aromatic nitrogens is 3. The number of ether oxygens (including phenoxy) is 1. The smallest absolute Gasteiger partial charge is 0.255 e. The summed E-state index contributed by atoms with van der Waals surface area (Å²) in [5, 5.41) is 29.5. The fourth-order valence-electron chi connectivity index (χ4n) is 4.87. The lowest BCUT2D eigenvalue weighted by Gasteiger charge is -2.30. The summed E-state index contributed by atoms with van der Waals surface area (Å²) >= 11 is 0. The Bertz CT molecular complexity index is 1320. The molecular formula is C26H29FN6O3. The predicted octanol–water partition coefficient (Wildman–Crippen LogP) is 3.23. The van der Waals surface area contributed by atoms with Crippen molar-refractivity contribution in [2.75, 3.05) is 11.9 Å². The van der Waals surface area contributed by atoms with Gasteiger partial charge in [-0.2, -0.15) is 10.4 Å². The average molecular weight is 493 g/mol. The van der Waals surface area contributed by atoms with Crippen molar-refractivity contribution in [2.45, 2.75) is 69.6 Å². The zero-order valence-corrected chi connectivity index (χ0v) is 20.2. The van der Waals surface area contributed by atoms with Crippen LogP contribution in [0.2, 0.25) is 0 Å². The van der Waals surface area contributed by atoms with Gasteiger partial charge in [-0.1, -0.05) is 0 Å². The molecule has 2 aliphatic heterocycles. The summed E-state index contributed by atoms with van der Waals surface area (Å²) in [6.07, 6.45) is 5.54. The number of carbonyl (C=O) groups is 1. The predicted molar refractivity (Wildman–Crippen MR) is 131 cm³/mol. The van der Waals surface area contributed by atoms with Crippen LogP contribution in [-0.4, -0.2) is 62.2 Å². The third kappa shape index (κ3) is 4.90. The maximum atomic E-state index is 14.3. The van der Waals surface area contributed by atoms with Crippen LogP contribution in [0.5, 0.6) is 0 Å². The highest BCUT2D eigenvalue weighted by molar-refractivity contribution is 6.00. The first-order valence-corrected chi connectivity index (χ1v) is 12.2. The minimum absolute atomic E-state index is 0.128. The van der Waals surface area contributed by atoms with Crippen LogP contribution in [0.1, 0.15) is 55.5 Å². The van der Waals surface area contributed by atoms with Gasteiger partial charge in [0.25, 0.3) is 5.91 Å². The van der Waals surface area contributed by atoms with E-state index in [4.69, 9.17) is 10.00 Å². The van der Waals surface area contributed by atoms with Gasteiger partial charge in [-0.05, 0) is 63.8 Å². The lowest BCUT2D eigenvalue weighted by Crippen LogP contribution is -2.42. The van der Waals surface area contributed by atoms with Crippen molar-refractivity contribution in [3.05, 3.63) is 47.8 Å². The molecule has 2 saturated heterocycles. The van der Waals surface area contributed by atoms with Gasteiger partial charge in [0, 0.05) is 12.2 Å². The zero-order chi connectivity index (χ0) is 25.4. The Morgan fingerprint density at radius 3 is 2.75 bits per heavy atom. The van der Waals surface area contributed by atoms with Crippen LogP contribution >= 0.6 is 0 Å². The summed E-state index contributed by atoms with van der Waals surface area (Å²) in [5.41, 5.74) is 1.84. The average Bonchev–Trinajstić information content (AvgIpc) is 3.43. The van der Waals surface area contributed by atoms with Gasteiger partial charge in [0.05, 0.1) is 64.3 Å². The van der Waals surface area contributed by atoms with Crippen LogP contribution in [0.15, 0.2) is 36.7 Å². The number of carbonyl (C=O) groups excluding carboxylic acids is 1. The molecule has 2 fully saturated rings. The first-order chi connectivity index (χ1) is 17.2. The van der Waals surface area contributed by atoms with Gasteiger partial charge in [0.15, 0.2) is 0 Å². The number of pyridine rings is 1. The minimum atomic E-state index is -1.62. The Hall–Kier alpha value is -3.55. The van der Waals surface area contributed by atoms with E-state index < -0.39 is 17.7 Å². The molecule has 0 saturated carbocycles. The van der Waals surface area contributed by atoms with Crippen LogP contribution in [-0.2, 0) is 4.74 Å². The largest absolute Gasteiger partial charge is 0.387 e. The van der Waals surface area contributed by atoms with Gasteiger partial charge in [-0.15, -0.1) is 0 Å². The molecule has 1 amide bonds. The van der Waals surface area contributed by atoms with E-state index in [-0.39, 0.29) is 24.8 Å². The molecule has 0 aliphatic carbocycles. The third-order valence-corrected chi connectivity index (χ3v) is 6.90. The van der Waals surface area contributed by atoms with Gasteiger partial charge >= 0.3 is 0 Å². The summed E-state index contributed by atoms with van der Waals surface area (Å²) < 4.78 is 21.9. The van der Waals surface area contributed by atoms with Crippen molar-refractivity contribution < 1.29 is 19.0 Å². The molecule has 2 bridgehead atoms. The number of alkyl halides is 1. The molecule has 36 heavy (non-hydrogen) atoms. The number of nitriles is 1. The number of fused-ring (bicyclic) bond motifs is 3. The van der Waals surface area contributed by atoms with Crippen molar-refractivity contribution in [1.29, 1.82) is 5.26 Å². The molecule has 2 aliphatic rings. The second-order valence-corrected chi connectivity index (χ2v) is 10.1. The molecule has 0 spiro atoms. The Balaban J connectivity index is 1.46. The number of halogens is 1. The molecular weight excluding hydrogens is 463 g/mol. The van der Waals surface area contributed by atoms with E-state index in [1.54, 1.807) is 16.6 Å². The van der Waals surface area contributed by atoms with Gasteiger partial charge in [-0.25, -0.2) is 8.91 Å². The standard InChI is InChI=1S/C26H29FN6O3/c1-26(2,35)24(27)14-30-25(34)20-13-29-22(23-6-3-17-7-15(11-28)12-31-33(17)23)10-21(20)32-16-8-18-4-5-19(9-16)36-18/h3,6-7,10,12-13,16,18-19,24,35H,4-5,8-9,14H2,1-2H3,(H,29,32)(H,30,34)/t16?,18?,19?,24-/m1/s1. The van der Waals surface area contributed by atoms with Gasteiger partial charge in [0.2, 0.25) is 0 Å². The monoisotopic (exact) mass is 492 g/mol. The molecule has 3 atom stereocenters. The highest BCUT2D eigenvalue weighted by atomic mass is 19.1. The maximum Gasteiger partial charge on any atom is 0.255 e. The topological polar surface area (TPSA) is 125 Å². The van der Waals surface area contributed by atoms with E-state index in [9.17, 15) is 14.3 Å². The number of hydrogen-bond donors (Lipinski definition) is 3. The number of hydrogen-bond acceptors (Lipinski definition) is 7. The Labute approximate surface area is 208 Å². The SMILES string of the molecule is CC(C)(O)[C@H](F)CNC(=O)c1cnc(-c2ccc3cc(C#N)cnn23)cc1NC1CC2CCC(C1)O2. The van der Waals surface area contributed by atoms with E-state index in [0.29, 0.717) is 28.2 Å². The Kier molecular flexibility index (Phi) is 6.36. The Morgan fingerprint density at radius 2 is 2.06 bits per heavy atom. The van der Waals surface area contributed by atoms with Crippen molar-refractivity contribution in [3.8, 4) is 17.5 Å². The molecule has 9 nitrogen and oxygen atoms in total. The number of nitrogens with zero attached hydrogens (tertiary/aromatic N) is 4. The van der Waals surface area contributed by atoms with E-state index in [1.807, 2.05) is 12.1 Å². The fraction of sp³-hybridized carbons (Fsp3) is 0.462. The maximum absolute atomic E-state index is 14.3. The van der Waals surface area contributed by atoms with Crippen LogP contribution in [0.4, 0.5) is 10.1 Å². The summed E-state index contributed by atoms with van der Waals surface area (Å²) in [7, 11) is 0. The van der Waals surface area contributed by atoms with Crippen molar-refractivity contribution in [3.63, 3.8) is 0 Å². The molecule has 2 unspecified atom stereocenters. The molecule has 3 N–H and O–H groups in total. The third-order valence-electron chi connectivity index (χ3n) is 6.90. The minimum Gasteiger partial charge on any atom is -0.387 e. The van der Waals surface area contributed by atoms with E-state index >= 15 is 0 Å². The first kappa shape index (κ1) is 24.2.